The summed E-state index contributed by atoms with van der Waals surface area (Å²) in [6.07, 6.45) is -1.93. The van der Waals surface area contributed by atoms with E-state index in [9.17, 15) is 18.0 Å². The molecule has 0 aliphatic carbocycles. The van der Waals surface area contributed by atoms with Gasteiger partial charge in [0.05, 0.1) is 5.56 Å². The van der Waals surface area contributed by atoms with Crippen LogP contribution in [0.1, 0.15) is 31.9 Å². The van der Waals surface area contributed by atoms with Crippen LogP contribution in [0.4, 0.5) is 18.0 Å². The molecule has 0 saturated carbocycles. The zero-order valence-corrected chi connectivity index (χ0v) is 13.0. The Balaban J connectivity index is 2.71. The molecule has 0 aliphatic heterocycles. The third kappa shape index (κ3) is 6.34. The molecule has 1 aromatic heterocycles. The lowest BCUT2D eigenvalue weighted by atomic mass is 10.1. The highest BCUT2D eigenvalue weighted by molar-refractivity contribution is 6.29. The number of carbonyl (C=O) groups is 1. The van der Waals surface area contributed by atoms with Crippen molar-refractivity contribution >= 4 is 23.8 Å². The van der Waals surface area contributed by atoms with E-state index >= 15 is 0 Å². The first-order valence-electron chi connectivity index (χ1n) is 6.35. The molecule has 8 heteroatoms. The minimum Gasteiger partial charge on any atom is -0.444 e. The number of aromatic nitrogens is 1. The van der Waals surface area contributed by atoms with Crippen molar-refractivity contribution in [2.24, 2.45) is 0 Å². The van der Waals surface area contributed by atoms with E-state index in [1.54, 1.807) is 20.8 Å². The third-order valence-corrected chi connectivity index (χ3v) is 2.48. The Kier molecular flexibility index (Phi) is 5.82. The molecule has 0 bridgehead atoms. The lowest BCUT2D eigenvalue weighted by Gasteiger charge is -2.19. The Hall–Kier alpha value is -1.76. The number of hydrogen-bond acceptors (Lipinski definition) is 3. The van der Waals surface area contributed by atoms with Crippen LogP contribution in [0, 0.1) is 0 Å². The van der Waals surface area contributed by atoms with Crippen LogP contribution in [-0.4, -0.2) is 23.2 Å². The quantitative estimate of drug-likeness (QED) is 0.838. The molecule has 122 valence electrons. The summed E-state index contributed by atoms with van der Waals surface area (Å²) in [6, 6.07) is 1.11. The monoisotopic (exact) mass is 336 g/mol. The van der Waals surface area contributed by atoms with Crippen LogP contribution in [0.2, 0.25) is 5.15 Å². The number of nitrogens with zero attached hydrogens (tertiary/aromatic N) is 1. The molecule has 0 aromatic carbocycles. The number of pyridine rings is 1. The van der Waals surface area contributed by atoms with Gasteiger partial charge in [-0.15, -0.1) is 0 Å². The Morgan fingerprint density at radius 2 is 2.05 bits per heavy atom. The van der Waals surface area contributed by atoms with Gasteiger partial charge in [0.2, 0.25) is 0 Å². The summed E-state index contributed by atoms with van der Waals surface area (Å²) in [5.74, 6) is 0. The second-order valence-electron chi connectivity index (χ2n) is 5.38. The summed E-state index contributed by atoms with van der Waals surface area (Å²) in [4.78, 5) is 14.8. The number of hydrogen-bond donors (Lipinski definition) is 1. The number of alkyl carbamates (subject to hydrolysis) is 1. The predicted molar refractivity (Wildman–Crippen MR) is 77.5 cm³/mol. The van der Waals surface area contributed by atoms with E-state index in [1.165, 1.54) is 12.2 Å². The van der Waals surface area contributed by atoms with E-state index < -0.39 is 23.4 Å². The Morgan fingerprint density at radius 1 is 1.41 bits per heavy atom. The van der Waals surface area contributed by atoms with Crippen molar-refractivity contribution in [1.29, 1.82) is 0 Å². The number of rotatable bonds is 3. The van der Waals surface area contributed by atoms with Crippen LogP contribution in [-0.2, 0) is 10.9 Å². The molecule has 0 radical (unpaired) electrons. The van der Waals surface area contributed by atoms with Crippen molar-refractivity contribution < 1.29 is 22.7 Å². The molecule has 0 atom stereocenters. The molecule has 1 rings (SSSR count). The number of amides is 1. The molecular formula is C14H16ClF3N2O2. The zero-order chi connectivity index (χ0) is 17.0. The van der Waals surface area contributed by atoms with Gasteiger partial charge in [0, 0.05) is 12.7 Å². The third-order valence-electron chi connectivity index (χ3n) is 2.27. The van der Waals surface area contributed by atoms with Gasteiger partial charge < -0.3 is 10.1 Å². The largest absolute Gasteiger partial charge is 0.444 e. The first-order valence-corrected chi connectivity index (χ1v) is 6.73. The molecule has 0 unspecified atom stereocenters. The van der Waals surface area contributed by atoms with Crippen molar-refractivity contribution in [3.63, 3.8) is 0 Å². The van der Waals surface area contributed by atoms with Crippen LogP contribution >= 0.6 is 11.6 Å². The summed E-state index contributed by atoms with van der Waals surface area (Å²) < 4.78 is 43.4. The molecule has 0 spiro atoms. The van der Waals surface area contributed by atoms with Crippen LogP contribution in [0.15, 0.2) is 18.3 Å². The highest BCUT2D eigenvalue weighted by Crippen LogP contribution is 2.32. The second-order valence-corrected chi connectivity index (χ2v) is 5.76. The number of halogens is 4. The highest BCUT2D eigenvalue weighted by Gasteiger charge is 2.33. The lowest BCUT2D eigenvalue weighted by molar-refractivity contribution is -0.138. The fourth-order valence-corrected chi connectivity index (χ4v) is 1.63. The standard InChI is InChI=1S/C14H16ClF3N2O2/c1-13(2,3)22-12(21)19-6-4-5-9-7-11(15)20-8-10(9)14(16,17)18/h4-5,7-8H,6H2,1-3H3,(H,19,21). The van der Waals surface area contributed by atoms with E-state index in [-0.39, 0.29) is 17.3 Å². The zero-order valence-electron chi connectivity index (χ0n) is 12.3. The fourth-order valence-electron chi connectivity index (χ4n) is 1.46. The molecule has 1 N–H and O–H groups in total. The SMILES string of the molecule is CC(C)(C)OC(=O)NCC=Cc1cc(Cl)ncc1C(F)(F)F. The van der Waals surface area contributed by atoms with Gasteiger partial charge in [-0.05, 0) is 32.4 Å². The highest BCUT2D eigenvalue weighted by atomic mass is 35.5. The lowest BCUT2D eigenvalue weighted by Crippen LogP contribution is -2.32. The van der Waals surface area contributed by atoms with Gasteiger partial charge in [-0.1, -0.05) is 23.8 Å². The first-order chi connectivity index (χ1) is 9.99. The minimum absolute atomic E-state index is 0.0200. The van der Waals surface area contributed by atoms with Crippen molar-refractivity contribution in [2.45, 2.75) is 32.5 Å². The van der Waals surface area contributed by atoms with Gasteiger partial charge in [-0.25, -0.2) is 9.78 Å². The van der Waals surface area contributed by atoms with Gasteiger partial charge in [0.25, 0.3) is 0 Å². The van der Waals surface area contributed by atoms with Crippen LogP contribution < -0.4 is 5.32 Å². The van der Waals surface area contributed by atoms with Gasteiger partial charge in [0.1, 0.15) is 10.8 Å². The van der Waals surface area contributed by atoms with Crippen molar-refractivity contribution in [1.82, 2.24) is 10.3 Å². The topological polar surface area (TPSA) is 51.2 Å². The Labute approximate surface area is 131 Å². The Morgan fingerprint density at radius 3 is 2.59 bits per heavy atom. The molecule has 0 fully saturated rings. The average Bonchev–Trinajstić information content (AvgIpc) is 2.31. The molecular weight excluding hydrogens is 321 g/mol. The second kappa shape index (κ2) is 7.00. The fraction of sp³-hybridized carbons (Fsp3) is 0.429. The molecule has 0 aliphatic rings. The number of alkyl halides is 3. The molecule has 1 heterocycles. The maximum atomic E-state index is 12.8. The smallest absolute Gasteiger partial charge is 0.418 e. The molecule has 22 heavy (non-hydrogen) atoms. The Bertz CT molecular complexity index is 566. The van der Waals surface area contributed by atoms with Crippen molar-refractivity contribution in [3.8, 4) is 0 Å². The summed E-state index contributed by atoms with van der Waals surface area (Å²) >= 11 is 5.60. The van der Waals surface area contributed by atoms with Crippen molar-refractivity contribution in [2.75, 3.05) is 6.54 Å². The van der Waals surface area contributed by atoms with E-state index in [1.807, 2.05) is 0 Å². The maximum absolute atomic E-state index is 12.8. The minimum atomic E-state index is -4.53. The van der Waals surface area contributed by atoms with Gasteiger partial charge >= 0.3 is 12.3 Å². The summed E-state index contributed by atoms with van der Waals surface area (Å²) in [5, 5.41) is 2.36. The molecule has 0 saturated heterocycles. The average molecular weight is 337 g/mol. The van der Waals surface area contributed by atoms with Crippen LogP contribution in [0.25, 0.3) is 6.08 Å². The number of ether oxygens (including phenoxy) is 1. The van der Waals surface area contributed by atoms with Crippen LogP contribution in [0.5, 0.6) is 0 Å². The van der Waals surface area contributed by atoms with E-state index in [0.717, 1.165) is 6.07 Å². The van der Waals surface area contributed by atoms with E-state index in [2.05, 4.69) is 10.3 Å². The summed E-state index contributed by atoms with van der Waals surface area (Å²) in [6.45, 7) is 5.14. The predicted octanol–water partition coefficient (Wildman–Crippen LogP) is 4.29. The van der Waals surface area contributed by atoms with Crippen molar-refractivity contribution in [3.05, 3.63) is 34.6 Å². The van der Waals surface area contributed by atoms with E-state index in [0.29, 0.717) is 6.20 Å². The van der Waals surface area contributed by atoms with Gasteiger partial charge in [0.15, 0.2) is 0 Å². The maximum Gasteiger partial charge on any atom is 0.418 e. The molecule has 4 nitrogen and oxygen atoms in total. The summed E-state index contributed by atoms with van der Waals surface area (Å²) in [7, 11) is 0. The number of nitrogens with one attached hydrogen (secondary N) is 1. The van der Waals surface area contributed by atoms with Gasteiger partial charge in [-0.3, -0.25) is 0 Å². The first kappa shape index (κ1) is 18.3. The van der Waals surface area contributed by atoms with Crippen LogP contribution in [0.3, 0.4) is 0 Å². The van der Waals surface area contributed by atoms with Gasteiger partial charge in [-0.2, -0.15) is 13.2 Å². The number of carbonyl (C=O) groups excluding carboxylic acids is 1. The molecule has 1 amide bonds. The summed E-state index contributed by atoms with van der Waals surface area (Å²) in [5.41, 5.74) is -1.67. The normalized spacial score (nSPS) is 12.5. The van der Waals surface area contributed by atoms with E-state index in [4.69, 9.17) is 16.3 Å². The molecule has 1 aromatic rings.